The zero-order valence-corrected chi connectivity index (χ0v) is 12.8. The lowest BCUT2D eigenvalue weighted by Gasteiger charge is -2.08. The molecule has 0 spiro atoms. The third-order valence-corrected chi connectivity index (χ3v) is 4.73. The summed E-state index contributed by atoms with van der Waals surface area (Å²) < 4.78 is 13.6. The van der Waals surface area contributed by atoms with E-state index < -0.39 is 0 Å². The second-order valence-corrected chi connectivity index (χ2v) is 6.16. The van der Waals surface area contributed by atoms with E-state index in [4.69, 9.17) is 0 Å². The van der Waals surface area contributed by atoms with Gasteiger partial charge in [-0.3, -0.25) is 0 Å². The molecule has 0 saturated heterocycles. The molecule has 0 amide bonds. The third-order valence-electron chi connectivity index (χ3n) is 3.61. The number of benzene rings is 1. The maximum atomic E-state index is 13.6. The fraction of sp³-hybridized carbons (Fsp3) is 0.250. The molecule has 0 aliphatic rings. The van der Waals surface area contributed by atoms with Crippen molar-refractivity contribution in [3.8, 4) is 0 Å². The van der Waals surface area contributed by atoms with Crippen molar-refractivity contribution in [2.45, 2.75) is 20.3 Å². The van der Waals surface area contributed by atoms with Crippen molar-refractivity contribution in [1.29, 1.82) is 0 Å². The molecule has 108 valence electrons. The van der Waals surface area contributed by atoms with Crippen LogP contribution in [0.5, 0.6) is 0 Å². The lowest BCUT2D eigenvalue weighted by molar-refractivity contribution is 0.610. The van der Waals surface area contributed by atoms with Gasteiger partial charge in [-0.25, -0.2) is 14.4 Å². The van der Waals surface area contributed by atoms with Crippen LogP contribution in [-0.4, -0.2) is 16.5 Å². The molecule has 5 heteroatoms. The Morgan fingerprint density at radius 1 is 1.19 bits per heavy atom. The Morgan fingerprint density at radius 2 is 2.00 bits per heavy atom. The van der Waals surface area contributed by atoms with Crippen LogP contribution in [0.4, 0.5) is 10.2 Å². The first-order valence-electron chi connectivity index (χ1n) is 6.85. The number of nitrogens with zero attached hydrogens (tertiary/aromatic N) is 2. The Kier molecular flexibility index (Phi) is 3.84. The van der Waals surface area contributed by atoms with Crippen LogP contribution in [0.1, 0.15) is 16.0 Å². The maximum Gasteiger partial charge on any atom is 0.138 e. The molecular formula is C16H16FN3S. The van der Waals surface area contributed by atoms with Gasteiger partial charge in [-0.15, -0.1) is 11.3 Å². The average molecular weight is 301 g/mol. The zero-order chi connectivity index (χ0) is 14.8. The third kappa shape index (κ3) is 2.74. The largest absolute Gasteiger partial charge is 0.369 e. The first-order valence-corrected chi connectivity index (χ1v) is 7.66. The number of rotatable bonds is 4. The molecule has 0 atom stereocenters. The van der Waals surface area contributed by atoms with Crippen LogP contribution in [-0.2, 0) is 6.42 Å². The minimum absolute atomic E-state index is 0.158. The molecule has 1 N–H and O–H groups in total. The van der Waals surface area contributed by atoms with E-state index in [0.29, 0.717) is 18.5 Å². The Bertz CT molecular complexity index is 782. The standard InChI is InChI=1S/C16H16FN3S/c1-10-11(2)21-16-14(10)15(19-9-20-16)18-8-7-12-5-3-4-6-13(12)17/h3-6,9H,7-8H2,1-2H3,(H,18,19,20). The summed E-state index contributed by atoms with van der Waals surface area (Å²) in [7, 11) is 0. The number of nitrogens with one attached hydrogen (secondary N) is 1. The lowest BCUT2D eigenvalue weighted by Crippen LogP contribution is -2.08. The van der Waals surface area contributed by atoms with Gasteiger partial charge < -0.3 is 5.32 Å². The molecule has 0 radical (unpaired) electrons. The number of hydrogen-bond acceptors (Lipinski definition) is 4. The van der Waals surface area contributed by atoms with Gasteiger partial charge in [-0.1, -0.05) is 18.2 Å². The van der Waals surface area contributed by atoms with E-state index >= 15 is 0 Å². The zero-order valence-electron chi connectivity index (χ0n) is 12.0. The Labute approximate surface area is 126 Å². The molecule has 0 aliphatic heterocycles. The van der Waals surface area contributed by atoms with Crippen molar-refractivity contribution in [2.24, 2.45) is 0 Å². The van der Waals surface area contributed by atoms with Crippen LogP contribution < -0.4 is 5.32 Å². The molecule has 3 rings (SSSR count). The first kappa shape index (κ1) is 13.9. The highest BCUT2D eigenvalue weighted by atomic mass is 32.1. The van der Waals surface area contributed by atoms with Crippen molar-refractivity contribution in [1.82, 2.24) is 9.97 Å². The summed E-state index contributed by atoms with van der Waals surface area (Å²) in [4.78, 5) is 10.9. The van der Waals surface area contributed by atoms with Crippen LogP contribution in [0.15, 0.2) is 30.6 Å². The number of fused-ring (bicyclic) bond motifs is 1. The monoisotopic (exact) mass is 301 g/mol. The van der Waals surface area contributed by atoms with E-state index in [1.54, 1.807) is 23.7 Å². The molecule has 0 unspecified atom stereocenters. The molecule has 2 heterocycles. The van der Waals surface area contributed by atoms with E-state index in [-0.39, 0.29) is 5.82 Å². The number of aryl methyl sites for hydroxylation is 2. The Morgan fingerprint density at radius 3 is 2.81 bits per heavy atom. The van der Waals surface area contributed by atoms with E-state index in [1.165, 1.54) is 16.5 Å². The molecule has 0 saturated carbocycles. The van der Waals surface area contributed by atoms with Gasteiger partial charge in [0, 0.05) is 11.4 Å². The highest BCUT2D eigenvalue weighted by Gasteiger charge is 2.11. The molecule has 21 heavy (non-hydrogen) atoms. The first-order chi connectivity index (χ1) is 10.2. The SMILES string of the molecule is Cc1sc2ncnc(NCCc3ccccc3F)c2c1C. The van der Waals surface area contributed by atoms with Crippen LogP contribution in [0.3, 0.4) is 0 Å². The molecule has 0 bridgehead atoms. The molecule has 2 aromatic heterocycles. The van der Waals surface area contributed by atoms with Gasteiger partial charge in [-0.05, 0) is 37.5 Å². The predicted octanol–water partition coefficient (Wildman–Crippen LogP) is 4.10. The summed E-state index contributed by atoms with van der Waals surface area (Å²) >= 11 is 1.67. The van der Waals surface area contributed by atoms with Gasteiger partial charge in [0.15, 0.2) is 0 Å². The molecule has 3 nitrogen and oxygen atoms in total. The number of halogens is 1. The van der Waals surface area contributed by atoms with E-state index in [0.717, 1.165) is 16.0 Å². The topological polar surface area (TPSA) is 37.8 Å². The van der Waals surface area contributed by atoms with Crippen LogP contribution in [0, 0.1) is 19.7 Å². The van der Waals surface area contributed by atoms with Crippen molar-refractivity contribution < 1.29 is 4.39 Å². The van der Waals surface area contributed by atoms with Crippen molar-refractivity contribution in [3.05, 3.63) is 52.4 Å². The predicted molar refractivity (Wildman–Crippen MR) is 85.5 cm³/mol. The van der Waals surface area contributed by atoms with E-state index in [9.17, 15) is 4.39 Å². The van der Waals surface area contributed by atoms with E-state index in [2.05, 4.69) is 29.1 Å². The second-order valence-electron chi connectivity index (χ2n) is 4.95. The Balaban J connectivity index is 1.78. The summed E-state index contributed by atoms with van der Waals surface area (Å²) in [5.74, 6) is 0.674. The minimum Gasteiger partial charge on any atom is -0.369 e. The maximum absolute atomic E-state index is 13.6. The quantitative estimate of drug-likeness (QED) is 0.788. The lowest BCUT2D eigenvalue weighted by atomic mass is 10.1. The van der Waals surface area contributed by atoms with Gasteiger partial charge in [0.2, 0.25) is 0 Å². The highest BCUT2D eigenvalue weighted by Crippen LogP contribution is 2.32. The van der Waals surface area contributed by atoms with Crippen molar-refractivity contribution in [2.75, 3.05) is 11.9 Å². The molecule has 3 aromatic rings. The fourth-order valence-electron chi connectivity index (χ4n) is 2.33. The number of hydrogen-bond donors (Lipinski definition) is 1. The Hall–Kier alpha value is -2.01. The number of aromatic nitrogens is 2. The second kappa shape index (κ2) is 5.77. The summed E-state index contributed by atoms with van der Waals surface area (Å²) in [5, 5.41) is 4.38. The normalized spacial score (nSPS) is 11.0. The molecule has 0 aliphatic carbocycles. The van der Waals surface area contributed by atoms with Crippen LogP contribution in [0.2, 0.25) is 0 Å². The van der Waals surface area contributed by atoms with Gasteiger partial charge in [-0.2, -0.15) is 0 Å². The average Bonchev–Trinajstić information content (AvgIpc) is 2.77. The number of thiophene rings is 1. The fourth-order valence-corrected chi connectivity index (χ4v) is 3.33. The smallest absolute Gasteiger partial charge is 0.138 e. The number of anilines is 1. The van der Waals surface area contributed by atoms with Crippen molar-refractivity contribution in [3.63, 3.8) is 0 Å². The van der Waals surface area contributed by atoms with Gasteiger partial charge in [0.05, 0.1) is 5.39 Å². The summed E-state index contributed by atoms with van der Waals surface area (Å²) in [5.41, 5.74) is 1.93. The van der Waals surface area contributed by atoms with Crippen LogP contribution in [0.25, 0.3) is 10.2 Å². The van der Waals surface area contributed by atoms with E-state index in [1.807, 2.05) is 12.1 Å². The van der Waals surface area contributed by atoms with Crippen molar-refractivity contribution >= 4 is 27.4 Å². The van der Waals surface area contributed by atoms with Gasteiger partial charge in [0.1, 0.15) is 22.8 Å². The van der Waals surface area contributed by atoms with Gasteiger partial charge in [0.25, 0.3) is 0 Å². The van der Waals surface area contributed by atoms with Gasteiger partial charge >= 0.3 is 0 Å². The summed E-state index contributed by atoms with van der Waals surface area (Å²) in [6.45, 7) is 4.81. The molecule has 0 fully saturated rings. The summed E-state index contributed by atoms with van der Waals surface area (Å²) in [6.07, 6.45) is 2.20. The molecular weight excluding hydrogens is 285 g/mol. The summed E-state index contributed by atoms with van der Waals surface area (Å²) in [6, 6.07) is 6.86. The van der Waals surface area contributed by atoms with Crippen LogP contribution >= 0.6 is 11.3 Å². The highest BCUT2D eigenvalue weighted by molar-refractivity contribution is 7.18. The minimum atomic E-state index is -0.158. The molecule has 1 aromatic carbocycles.